The Bertz CT molecular complexity index is 1030. The molecule has 0 saturated carbocycles. The van der Waals surface area contributed by atoms with Crippen LogP contribution in [-0.2, 0) is 17.4 Å². The SMILES string of the molecule is Cc1noc(C(C)NC(=O)CCc2c(C)nc3nc(C(F)(F)F)nn3c2C)n1. The molecule has 1 N–H and O–H groups in total. The van der Waals surface area contributed by atoms with Crippen LogP contribution >= 0.6 is 0 Å². The van der Waals surface area contributed by atoms with Crippen LogP contribution in [0.4, 0.5) is 13.2 Å². The van der Waals surface area contributed by atoms with Crippen molar-refractivity contribution in [2.75, 3.05) is 0 Å². The van der Waals surface area contributed by atoms with Gasteiger partial charge in [0, 0.05) is 17.8 Å². The summed E-state index contributed by atoms with van der Waals surface area (Å²) in [6.07, 6.45) is -4.27. The van der Waals surface area contributed by atoms with Gasteiger partial charge < -0.3 is 9.84 Å². The number of aromatic nitrogens is 6. The summed E-state index contributed by atoms with van der Waals surface area (Å²) in [6, 6.07) is -0.457. The summed E-state index contributed by atoms with van der Waals surface area (Å²) in [5.41, 5.74) is 1.60. The second-order valence-electron chi connectivity index (χ2n) is 6.38. The van der Waals surface area contributed by atoms with Crippen molar-refractivity contribution in [3.8, 4) is 0 Å². The molecule has 1 amide bonds. The lowest BCUT2D eigenvalue weighted by Gasteiger charge is -2.12. The Labute approximate surface area is 157 Å². The maximum atomic E-state index is 12.8. The predicted octanol–water partition coefficient (Wildman–Crippen LogP) is 2.26. The molecule has 0 spiro atoms. The maximum Gasteiger partial charge on any atom is 0.453 e. The van der Waals surface area contributed by atoms with Crippen LogP contribution in [0.2, 0.25) is 0 Å². The highest BCUT2D eigenvalue weighted by molar-refractivity contribution is 5.76. The summed E-state index contributed by atoms with van der Waals surface area (Å²) >= 11 is 0. The first-order valence-corrected chi connectivity index (χ1v) is 8.46. The minimum Gasteiger partial charge on any atom is -0.345 e. The highest BCUT2D eigenvalue weighted by atomic mass is 19.4. The minimum atomic E-state index is -4.66. The van der Waals surface area contributed by atoms with E-state index in [9.17, 15) is 18.0 Å². The zero-order chi connectivity index (χ0) is 20.6. The molecular weight excluding hydrogens is 379 g/mol. The molecule has 0 saturated heterocycles. The summed E-state index contributed by atoms with van der Waals surface area (Å²) in [7, 11) is 0. The Kier molecular flexibility index (Phi) is 5.04. The first-order valence-electron chi connectivity index (χ1n) is 8.46. The number of carbonyl (C=O) groups is 1. The van der Waals surface area contributed by atoms with E-state index < -0.39 is 18.0 Å². The van der Waals surface area contributed by atoms with Gasteiger partial charge in [-0.05, 0) is 39.7 Å². The summed E-state index contributed by atoms with van der Waals surface area (Å²) in [5, 5.41) is 9.90. The van der Waals surface area contributed by atoms with Gasteiger partial charge in [0.1, 0.15) is 6.04 Å². The fraction of sp³-hybridized carbons (Fsp3) is 0.500. The standard InChI is InChI=1S/C16H18F3N7O2/c1-7-11(5-6-12(27)20-8(2)13-22-10(4)25-28-13)9(3)26-15(21-7)23-14(24-26)16(17,18)19/h8H,5-6H2,1-4H3,(H,20,27). The molecule has 0 aliphatic rings. The second kappa shape index (κ2) is 7.17. The van der Waals surface area contributed by atoms with Crippen molar-refractivity contribution in [3.05, 3.63) is 34.5 Å². The molecule has 1 unspecified atom stereocenters. The summed E-state index contributed by atoms with van der Waals surface area (Å²) in [6.45, 7) is 6.66. The van der Waals surface area contributed by atoms with E-state index >= 15 is 0 Å². The molecule has 0 fully saturated rings. The zero-order valence-corrected chi connectivity index (χ0v) is 15.6. The maximum absolute atomic E-state index is 12.8. The second-order valence-corrected chi connectivity index (χ2v) is 6.38. The van der Waals surface area contributed by atoms with E-state index in [1.807, 2.05) is 0 Å². The number of hydrogen-bond donors (Lipinski definition) is 1. The Balaban J connectivity index is 1.74. The number of nitrogens with zero attached hydrogens (tertiary/aromatic N) is 6. The summed E-state index contributed by atoms with van der Waals surface area (Å²) in [5.74, 6) is -0.884. The Morgan fingerprint density at radius 1 is 1.21 bits per heavy atom. The fourth-order valence-corrected chi connectivity index (χ4v) is 2.79. The molecule has 0 bridgehead atoms. The van der Waals surface area contributed by atoms with Gasteiger partial charge in [0.15, 0.2) is 5.82 Å². The predicted molar refractivity (Wildman–Crippen MR) is 89.2 cm³/mol. The van der Waals surface area contributed by atoms with Crippen LogP contribution in [0.1, 0.15) is 53.9 Å². The molecule has 0 aromatic carbocycles. The normalized spacial score (nSPS) is 13.1. The van der Waals surface area contributed by atoms with Crippen molar-refractivity contribution < 1.29 is 22.5 Å². The third-order valence-electron chi connectivity index (χ3n) is 4.20. The molecule has 3 aromatic heterocycles. The van der Waals surface area contributed by atoms with Crippen LogP contribution in [0.15, 0.2) is 4.52 Å². The molecule has 0 aliphatic carbocycles. The first-order chi connectivity index (χ1) is 13.1. The van der Waals surface area contributed by atoms with Gasteiger partial charge in [-0.2, -0.15) is 23.1 Å². The molecule has 28 heavy (non-hydrogen) atoms. The van der Waals surface area contributed by atoms with Crippen molar-refractivity contribution in [1.82, 2.24) is 35.0 Å². The van der Waals surface area contributed by atoms with E-state index in [1.54, 1.807) is 27.7 Å². The summed E-state index contributed by atoms with van der Waals surface area (Å²) in [4.78, 5) is 23.8. The topological polar surface area (TPSA) is 111 Å². The lowest BCUT2D eigenvalue weighted by atomic mass is 10.1. The molecule has 3 heterocycles. The zero-order valence-electron chi connectivity index (χ0n) is 15.6. The average Bonchev–Trinajstić information content (AvgIpc) is 3.20. The first kappa shape index (κ1) is 19.7. The van der Waals surface area contributed by atoms with Gasteiger partial charge >= 0.3 is 6.18 Å². The molecular formula is C16H18F3N7O2. The van der Waals surface area contributed by atoms with Crippen LogP contribution in [0.5, 0.6) is 0 Å². The number of carbonyl (C=O) groups excluding carboxylic acids is 1. The Morgan fingerprint density at radius 2 is 1.93 bits per heavy atom. The lowest BCUT2D eigenvalue weighted by Crippen LogP contribution is -2.27. The van der Waals surface area contributed by atoms with Crippen molar-refractivity contribution in [3.63, 3.8) is 0 Å². The number of aryl methyl sites for hydroxylation is 3. The van der Waals surface area contributed by atoms with Crippen LogP contribution in [0.25, 0.3) is 5.78 Å². The fourth-order valence-electron chi connectivity index (χ4n) is 2.79. The number of rotatable bonds is 5. The minimum absolute atomic E-state index is 0.104. The van der Waals surface area contributed by atoms with E-state index in [0.29, 0.717) is 28.7 Å². The van der Waals surface area contributed by atoms with Gasteiger partial charge in [0.05, 0.1) is 0 Å². The largest absolute Gasteiger partial charge is 0.453 e. The third kappa shape index (κ3) is 3.94. The summed E-state index contributed by atoms with van der Waals surface area (Å²) < 4.78 is 44.6. The van der Waals surface area contributed by atoms with Gasteiger partial charge in [-0.1, -0.05) is 5.16 Å². The van der Waals surface area contributed by atoms with Crippen molar-refractivity contribution in [2.24, 2.45) is 0 Å². The number of amides is 1. The number of alkyl halides is 3. The number of hydrogen-bond acceptors (Lipinski definition) is 7. The quantitative estimate of drug-likeness (QED) is 0.703. The molecule has 3 rings (SSSR count). The molecule has 3 aromatic rings. The Hall–Kier alpha value is -3.05. The molecule has 12 heteroatoms. The van der Waals surface area contributed by atoms with Crippen molar-refractivity contribution >= 4 is 11.7 Å². The van der Waals surface area contributed by atoms with Gasteiger partial charge in [0.25, 0.3) is 11.6 Å². The lowest BCUT2D eigenvalue weighted by molar-refractivity contribution is -0.144. The van der Waals surface area contributed by atoms with E-state index in [4.69, 9.17) is 4.52 Å². The molecule has 1 atom stereocenters. The monoisotopic (exact) mass is 397 g/mol. The third-order valence-corrected chi connectivity index (χ3v) is 4.20. The highest BCUT2D eigenvalue weighted by Crippen LogP contribution is 2.27. The van der Waals surface area contributed by atoms with Gasteiger partial charge in [-0.15, -0.1) is 5.10 Å². The van der Waals surface area contributed by atoms with Gasteiger partial charge in [0.2, 0.25) is 11.8 Å². The van der Waals surface area contributed by atoms with Gasteiger partial charge in [-0.3, -0.25) is 4.79 Å². The van der Waals surface area contributed by atoms with Crippen LogP contribution < -0.4 is 5.32 Å². The molecule has 150 valence electrons. The van der Waals surface area contributed by atoms with Crippen LogP contribution in [0, 0.1) is 20.8 Å². The van der Waals surface area contributed by atoms with Crippen molar-refractivity contribution in [1.29, 1.82) is 0 Å². The van der Waals surface area contributed by atoms with E-state index in [1.165, 1.54) is 0 Å². The highest BCUT2D eigenvalue weighted by Gasteiger charge is 2.37. The number of halogens is 3. The van der Waals surface area contributed by atoms with Crippen LogP contribution in [-0.4, -0.2) is 35.6 Å². The van der Waals surface area contributed by atoms with Crippen molar-refractivity contribution in [2.45, 2.75) is 52.8 Å². The van der Waals surface area contributed by atoms with E-state index in [0.717, 1.165) is 4.52 Å². The Morgan fingerprint density at radius 3 is 2.54 bits per heavy atom. The molecule has 0 aliphatic heterocycles. The average molecular weight is 397 g/mol. The number of nitrogens with one attached hydrogen (secondary N) is 1. The van der Waals surface area contributed by atoms with Gasteiger partial charge in [-0.25, -0.2) is 9.50 Å². The number of fused-ring (bicyclic) bond motifs is 1. The van der Waals surface area contributed by atoms with Crippen LogP contribution in [0.3, 0.4) is 0 Å². The molecule has 0 radical (unpaired) electrons. The van der Waals surface area contributed by atoms with E-state index in [2.05, 4.69) is 30.5 Å². The van der Waals surface area contributed by atoms with E-state index in [-0.39, 0.29) is 24.5 Å². The smallest absolute Gasteiger partial charge is 0.345 e. The molecule has 9 nitrogen and oxygen atoms in total.